The fourth-order valence-corrected chi connectivity index (χ4v) is 3.03. The van der Waals surface area contributed by atoms with Crippen LogP contribution in [-0.2, 0) is 13.6 Å². The van der Waals surface area contributed by atoms with Gasteiger partial charge in [-0.05, 0) is 44.5 Å². The maximum absolute atomic E-state index is 4.60. The van der Waals surface area contributed by atoms with Crippen LogP contribution in [0.25, 0.3) is 0 Å². The molecule has 3 heterocycles. The Labute approximate surface area is 120 Å². The Morgan fingerprint density at radius 2 is 2.25 bits per heavy atom. The van der Waals surface area contributed by atoms with Crippen molar-refractivity contribution in [2.45, 2.75) is 32.2 Å². The fraction of sp³-hybridized carbons (Fsp3) is 0.500. The molecule has 2 aromatic heterocycles. The minimum absolute atomic E-state index is 0.547. The lowest BCUT2D eigenvalue weighted by atomic mass is 9.94. The van der Waals surface area contributed by atoms with Gasteiger partial charge in [-0.2, -0.15) is 0 Å². The average molecular weight is 270 g/mol. The molecule has 4 nitrogen and oxygen atoms in total. The monoisotopic (exact) mass is 270 g/mol. The molecular formula is C16H22N4. The zero-order chi connectivity index (χ0) is 13.9. The van der Waals surface area contributed by atoms with Crippen molar-refractivity contribution in [1.29, 1.82) is 0 Å². The van der Waals surface area contributed by atoms with Gasteiger partial charge in [-0.15, -0.1) is 0 Å². The van der Waals surface area contributed by atoms with E-state index in [2.05, 4.69) is 50.9 Å². The Balaban J connectivity index is 1.69. The molecule has 0 amide bonds. The summed E-state index contributed by atoms with van der Waals surface area (Å²) in [5.74, 6) is 1.42. The van der Waals surface area contributed by atoms with Gasteiger partial charge in [-0.25, -0.2) is 9.97 Å². The topological polar surface area (TPSA) is 34.0 Å². The maximum atomic E-state index is 4.60. The Bertz CT molecular complexity index is 575. The standard InChI is InChI=1S/C16H22N4/c1-13-17-8-7-16(18-13)14-5-3-10-20(11-14)12-15-6-4-9-19(15)2/h4,6-9,14H,3,5,10-12H2,1-2H3. The Hall–Kier alpha value is -1.68. The molecule has 0 aliphatic carbocycles. The van der Waals surface area contributed by atoms with Crippen LogP contribution in [0.4, 0.5) is 0 Å². The van der Waals surface area contributed by atoms with Crippen molar-refractivity contribution in [1.82, 2.24) is 19.4 Å². The second-order valence-corrected chi connectivity index (χ2v) is 5.71. The first-order chi connectivity index (χ1) is 9.72. The lowest BCUT2D eigenvalue weighted by Crippen LogP contribution is -2.34. The van der Waals surface area contributed by atoms with E-state index in [0.717, 1.165) is 18.9 Å². The van der Waals surface area contributed by atoms with Crippen molar-refractivity contribution in [2.24, 2.45) is 7.05 Å². The van der Waals surface area contributed by atoms with E-state index in [4.69, 9.17) is 0 Å². The number of nitrogens with zero attached hydrogens (tertiary/aromatic N) is 4. The largest absolute Gasteiger partial charge is 0.353 e. The van der Waals surface area contributed by atoms with E-state index in [1.54, 1.807) is 0 Å². The molecule has 0 N–H and O–H groups in total. The average Bonchev–Trinajstić information content (AvgIpc) is 2.85. The summed E-state index contributed by atoms with van der Waals surface area (Å²) in [7, 11) is 2.12. The summed E-state index contributed by atoms with van der Waals surface area (Å²) in [5.41, 5.74) is 2.58. The van der Waals surface area contributed by atoms with Gasteiger partial charge in [-0.1, -0.05) is 0 Å². The van der Waals surface area contributed by atoms with Crippen LogP contribution in [0.1, 0.15) is 36.0 Å². The van der Waals surface area contributed by atoms with Crippen LogP contribution < -0.4 is 0 Å². The molecule has 0 aromatic carbocycles. The van der Waals surface area contributed by atoms with Gasteiger partial charge in [0.1, 0.15) is 5.82 Å². The summed E-state index contributed by atoms with van der Waals surface area (Å²) in [6.45, 7) is 5.28. The summed E-state index contributed by atoms with van der Waals surface area (Å²) < 4.78 is 2.21. The van der Waals surface area contributed by atoms with Gasteiger partial charge in [0.15, 0.2) is 0 Å². The van der Waals surface area contributed by atoms with Crippen LogP contribution in [0.5, 0.6) is 0 Å². The molecule has 1 fully saturated rings. The molecule has 0 saturated carbocycles. The second-order valence-electron chi connectivity index (χ2n) is 5.71. The lowest BCUT2D eigenvalue weighted by Gasteiger charge is -2.32. The number of hydrogen-bond acceptors (Lipinski definition) is 3. The van der Waals surface area contributed by atoms with E-state index >= 15 is 0 Å². The summed E-state index contributed by atoms with van der Waals surface area (Å²) >= 11 is 0. The molecule has 0 bridgehead atoms. The first-order valence-corrected chi connectivity index (χ1v) is 7.34. The molecule has 20 heavy (non-hydrogen) atoms. The molecule has 1 saturated heterocycles. The number of likely N-dealkylation sites (tertiary alicyclic amines) is 1. The van der Waals surface area contributed by atoms with Crippen molar-refractivity contribution in [3.63, 3.8) is 0 Å². The summed E-state index contributed by atoms with van der Waals surface area (Å²) in [5, 5.41) is 0. The highest BCUT2D eigenvalue weighted by Crippen LogP contribution is 2.26. The highest BCUT2D eigenvalue weighted by molar-refractivity contribution is 5.11. The van der Waals surface area contributed by atoms with Crippen molar-refractivity contribution in [2.75, 3.05) is 13.1 Å². The van der Waals surface area contributed by atoms with E-state index in [0.29, 0.717) is 5.92 Å². The predicted octanol–water partition coefficient (Wildman–Crippen LogP) is 2.50. The normalized spacial score (nSPS) is 20.2. The molecule has 0 spiro atoms. The molecule has 2 aromatic rings. The summed E-state index contributed by atoms with van der Waals surface area (Å²) in [6.07, 6.45) is 6.48. The van der Waals surface area contributed by atoms with Gasteiger partial charge in [0.05, 0.1) is 0 Å². The van der Waals surface area contributed by atoms with Gasteiger partial charge in [0.25, 0.3) is 0 Å². The third-order valence-electron chi connectivity index (χ3n) is 4.16. The summed E-state index contributed by atoms with van der Waals surface area (Å²) in [6, 6.07) is 6.40. The summed E-state index contributed by atoms with van der Waals surface area (Å²) in [4.78, 5) is 11.3. The van der Waals surface area contributed by atoms with Crippen molar-refractivity contribution >= 4 is 0 Å². The molecule has 3 rings (SSSR count). The zero-order valence-corrected chi connectivity index (χ0v) is 12.3. The number of aryl methyl sites for hydroxylation is 2. The van der Waals surface area contributed by atoms with E-state index in [-0.39, 0.29) is 0 Å². The molecule has 1 aliphatic rings. The third-order valence-corrected chi connectivity index (χ3v) is 4.16. The third kappa shape index (κ3) is 2.90. The van der Waals surface area contributed by atoms with Crippen LogP contribution >= 0.6 is 0 Å². The Kier molecular flexibility index (Phi) is 3.83. The number of aromatic nitrogens is 3. The minimum Gasteiger partial charge on any atom is -0.353 e. The van der Waals surface area contributed by atoms with Crippen LogP contribution in [0.3, 0.4) is 0 Å². The smallest absolute Gasteiger partial charge is 0.125 e. The Morgan fingerprint density at radius 1 is 1.35 bits per heavy atom. The molecule has 106 valence electrons. The first-order valence-electron chi connectivity index (χ1n) is 7.34. The highest BCUT2D eigenvalue weighted by Gasteiger charge is 2.22. The molecular weight excluding hydrogens is 248 g/mol. The van der Waals surface area contributed by atoms with Crippen molar-refractivity contribution < 1.29 is 0 Å². The zero-order valence-electron chi connectivity index (χ0n) is 12.3. The van der Waals surface area contributed by atoms with Crippen LogP contribution in [-0.4, -0.2) is 32.5 Å². The van der Waals surface area contributed by atoms with Crippen LogP contribution in [0.2, 0.25) is 0 Å². The van der Waals surface area contributed by atoms with Gasteiger partial charge in [0, 0.05) is 49.8 Å². The molecule has 4 heteroatoms. The molecule has 1 aliphatic heterocycles. The second kappa shape index (κ2) is 5.75. The predicted molar refractivity (Wildman–Crippen MR) is 79.4 cm³/mol. The minimum atomic E-state index is 0.547. The van der Waals surface area contributed by atoms with E-state index < -0.39 is 0 Å². The van der Waals surface area contributed by atoms with Gasteiger partial charge < -0.3 is 4.57 Å². The number of hydrogen-bond donors (Lipinski definition) is 0. The van der Waals surface area contributed by atoms with E-state index in [1.807, 2.05) is 13.1 Å². The van der Waals surface area contributed by atoms with Crippen LogP contribution in [0, 0.1) is 6.92 Å². The number of piperidine rings is 1. The SMILES string of the molecule is Cc1nccc(C2CCCN(Cc3cccn3C)C2)n1. The number of rotatable bonds is 3. The van der Waals surface area contributed by atoms with E-state index in [1.165, 1.54) is 30.8 Å². The van der Waals surface area contributed by atoms with Crippen molar-refractivity contribution in [3.8, 4) is 0 Å². The van der Waals surface area contributed by atoms with E-state index in [9.17, 15) is 0 Å². The quantitative estimate of drug-likeness (QED) is 0.859. The highest BCUT2D eigenvalue weighted by atomic mass is 15.1. The van der Waals surface area contributed by atoms with Gasteiger partial charge in [0.2, 0.25) is 0 Å². The first kappa shape index (κ1) is 13.3. The molecule has 1 atom stereocenters. The van der Waals surface area contributed by atoms with Gasteiger partial charge in [-0.3, -0.25) is 4.90 Å². The van der Waals surface area contributed by atoms with Crippen LogP contribution in [0.15, 0.2) is 30.6 Å². The Morgan fingerprint density at radius 3 is 3.00 bits per heavy atom. The van der Waals surface area contributed by atoms with Gasteiger partial charge >= 0.3 is 0 Å². The maximum Gasteiger partial charge on any atom is 0.125 e. The lowest BCUT2D eigenvalue weighted by molar-refractivity contribution is 0.194. The molecule has 1 unspecified atom stereocenters. The fourth-order valence-electron chi connectivity index (χ4n) is 3.03. The molecule has 0 radical (unpaired) electrons. The van der Waals surface area contributed by atoms with Crippen molar-refractivity contribution in [3.05, 3.63) is 47.8 Å².